The number of nitrogens with zero attached hydrogens (tertiary/aromatic N) is 3. The first-order chi connectivity index (χ1) is 13.7. The molecule has 0 atom stereocenters. The Kier molecular flexibility index (Phi) is 5.30. The van der Waals surface area contributed by atoms with E-state index in [-0.39, 0.29) is 5.63 Å². The molecule has 0 radical (unpaired) electrons. The molecule has 0 saturated heterocycles. The van der Waals surface area contributed by atoms with Crippen LogP contribution in [0.4, 0.5) is 0 Å². The van der Waals surface area contributed by atoms with Crippen LogP contribution in [0, 0.1) is 0 Å². The van der Waals surface area contributed by atoms with Crippen LogP contribution in [0.15, 0.2) is 69.0 Å². The van der Waals surface area contributed by atoms with Gasteiger partial charge in [-0.3, -0.25) is 0 Å². The second-order valence-corrected chi connectivity index (χ2v) is 7.42. The van der Waals surface area contributed by atoms with Crippen molar-refractivity contribution in [1.29, 1.82) is 0 Å². The number of fused-ring (bicyclic) bond motifs is 1. The van der Waals surface area contributed by atoms with Gasteiger partial charge in [0.15, 0.2) is 11.0 Å². The maximum atomic E-state index is 12.0. The van der Waals surface area contributed by atoms with Gasteiger partial charge in [0.25, 0.3) is 0 Å². The highest BCUT2D eigenvalue weighted by molar-refractivity contribution is 7.98. The monoisotopic (exact) mass is 391 g/mol. The smallest absolute Gasteiger partial charge is 0.336 e. The molecule has 5 nitrogen and oxygen atoms in total. The molecule has 142 valence electrons. The molecule has 2 aromatic carbocycles. The average molecular weight is 391 g/mol. The van der Waals surface area contributed by atoms with E-state index in [0.29, 0.717) is 11.3 Å². The van der Waals surface area contributed by atoms with Crippen LogP contribution in [0.2, 0.25) is 0 Å². The van der Waals surface area contributed by atoms with Crippen molar-refractivity contribution in [1.82, 2.24) is 14.8 Å². The van der Waals surface area contributed by atoms with Gasteiger partial charge >= 0.3 is 5.63 Å². The summed E-state index contributed by atoms with van der Waals surface area (Å²) in [5.74, 6) is 1.48. The fourth-order valence-corrected chi connectivity index (χ4v) is 4.23. The van der Waals surface area contributed by atoms with Crippen molar-refractivity contribution in [3.63, 3.8) is 0 Å². The highest BCUT2D eigenvalue weighted by Gasteiger charge is 2.14. The van der Waals surface area contributed by atoms with Gasteiger partial charge in [-0.1, -0.05) is 61.2 Å². The van der Waals surface area contributed by atoms with Crippen molar-refractivity contribution in [2.45, 2.75) is 37.7 Å². The molecule has 4 aromatic rings. The molecule has 0 saturated carbocycles. The topological polar surface area (TPSA) is 60.9 Å². The second-order valence-electron chi connectivity index (χ2n) is 6.48. The van der Waals surface area contributed by atoms with E-state index in [9.17, 15) is 4.79 Å². The Bertz CT molecular complexity index is 1170. The first-order valence-electron chi connectivity index (χ1n) is 9.36. The Balaban J connectivity index is 1.65. The molecule has 0 unspecified atom stereocenters. The van der Waals surface area contributed by atoms with Crippen LogP contribution < -0.4 is 5.63 Å². The summed E-state index contributed by atoms with van der Waals surface area (Å²) < 4.78 is 7.51. The van der Waals surface area contributed by atoms with Crippen molar-refractivity contribution in [3.8, 4) is 11.4 Å². The summed E-state index contributed by atoms with van der Waals surface area (Å²) >= 11 is 1.58. The average Bonchev–Trinajstić information content (AvgIpc) is 3.14. The van der Waals surface area contributed by atoms with Gasteiger partial charge in [0.1, 0.15) is 5.58 Å². The molecule has 28 heavy (non-hydrogen) atoms. The summed E-state index contributed by atoms with van der Waals surface area (Å²) in [5.41, 5.74) is 3.47. The number of hydrogen-bond acceptors (Lipinski definition) is 5. The summed E-state index contributed by atoms with van der Waals surface area (Å²) in [6.07, 6.45) is 0.903. The fraction of sp³-hybridized carbons (Fsp3) is 0.227. The van der Waals surface area contributed by atoms with E-state index in [1.54, 1.807) is 17.8 Å². The largest absolute Gasteiger partial charge is 0.423 e. The third-order valence-corrected chi connectivity index (χ3v) is 5.74. The third-order valence-electron chi connectivity index (χ3n) is 4.72. The molecule has 0 aliphatic heterocycles. The minimum atomic E-state index is -0.321. The van der Waals surface area contributed by atoms with E-state index in [2.05, 4.69) is 34.7 Å². The van der Waals surface area contributed by atoms with Crippen LogP contribution in [0.5, 0.6) is 0 Å². The number of thioether (sulfide) groups is 1. The molecule has 0 aliphatic rings. The van der Waals surface area contributed by atoms with Crippen LogP contribution in [0.1, 0.15) is 25.0 Å². The second kappa shape index (κ2) is 8.02. The predicted molar refractivity (Wildman–Crippen MR) is 113 cm³/mol. The lowest BCUT2D eigenvalue weighted by atomic mass is 10.1. The first kappa shape index (κ1) is 18.5. The molecular formula is C22H21N3O2S. The van der Waals surface area contributed by atoms with E-state index in [1.807, 2.05) is 42.5 Å². The highest BCUT2D eigenvalue weighted by Crippen LogP contribution is 2.29. The van der Waals surface area contributed by atoms with Crippen LogP contribution in [-0.4, -0.2) is 14.8 Å². The van der Waals surface area contributed by atoms with Crippen molar-refractivity contribution >= 4 is 22.7 Å². The molecule has 0 N–H and O–H groups in total. The van der Waals surface area contributed by atoms with E-state index in [1.165, 1.54) is 0 Å². The number of aryl methyl sites for hydroxylation is 1. The zero-order valence-corrected chi connectivity index (χ0v) is 16.7. The summed E-state index contributed by atoms with van der Waals surface area (Å²) in [4.78, 5) is 12.0. The highest BCUT2D eigenvalue weighted by atomic mass is 32.2. The lowest BCUT2D eigenvalue weighted by Crippen LogP contribution is -2.02. The normalized spacial score (nSPS) is 11.2. The van der Waals surface area contributed by atoms with Gasteiger partial charge in [0.05, 0.1) is 0 Å². The van der Waals surface area contributed by atoms with Crippen LogP contribution >= 0.6 is 11.8 Å². The quantitative estimate of drug-likeness (QED) is 0.345. The maximum Gasteiger partial charge on any atom is 0.336 e. The lowest BCUT2D eigenvalue weighted by Gasteiger charge is -2.09. The van der Waals surface area contributed by atoms with Crippen molar-refractivity contribution in [3.05, 3.63) is 76.1 Å². The molecule has 2 aromatic heterocycles. The molecule has 2 heterocycles. The number of benzene rings is 2. The van der Waals surface area contributed by atoms with Gasteiger partial charge < -0.3 is 8.98 Å². The molecule has 0 fully saturated rings. The SMILES string of the molecule is CCc1ccc2c(CSc3nnc(-c4ccccc4)n3CC)cc(=O)oc2c1. The Morgan fingerprint density at radius 1 is 1.04 bits per heavy atom. The molecule has 6 heteroatoms. The van der Waals surface area contributed by atoms with Crippen molar-refractivity contribution in [2.24, 2.45) is 0 Å². The number of hydrogen-bond donors (Lipinski definition) is 0. The number of rotatable bonds is 6. The minimum absolute atomic E-state index is 0.321. The zero-order chi connectivity index (χ0) is 19.5. The van der Waals surface area contributed by atoms with Crippen molar-refractivity contribution < 1.29 is 4.42 Å². The summed E-state index contributed by atoms with van der Waals surface area (Å²) in [7, 11) is 0. The molecule has 0 aliphatic carbocycles. The standard InChI is InChI=1S/C22H21N3O2S/c1-3-15-10-11-18-17(13-20(26)27-19(18)12-15)14-28-22-24-23-21(25(22)4-2)16-8-6-5-7-9-16/h5-13H,3-4,14H2,1-2H3. The minimum Gasteiger partial charge on any atom is -0.423 e. The molecule has 0 bridgehead atoms. The maximum absolute atomic E-state index is 12.0. The predicted octanol–water partition coefficient (Wildman–Crippen LogP) is 4.93. The van der Waals surface area contributed by atoms with Gasteiger partial charge in [-0.05, 0) is 30.5 Å². The lowest BCUT2D eigenvalue weighted by molar-refractivity contribution is 0.559. The molecular weight excluding hydrogens is 370 g/mol. The van der Waals surface area contributed by atoms with Gasteiger partial charge in [-0.25, -0.2) is 4.79 Å². The summed E-state index contributed by atoms with van der Waals surface area (Å²) in [5, 5.41) is 10.6. The molecule has 0 amide bonds. The fourth-order valence-electron chi connectivity index (χ4n) is 3.24. The van der Waals surface area contributed by atoms with Gasteiger partial charge in [-0.2, -0.15) is 0 Å². The van der Waals surface area contributed by atoms with E-state index >= 15 is 0 Å². The van der Waals surface area contributed by atoms with E-state index in [4.69, 9.17) is 4.42 Å². The van der Waals surface area contributed by atoms with Crippen LogP contribution in [0.3, 0.4) is 0 Å². The van der Waals surface area contributed by atoms with E-state index in [0.717, 1.165) is 46.0 Å². The van der Waals surface area contributed by atoms with Gasteiger partial charge in [0.2, 0.25) is 0 Å². The molecule has 0 spiro atoms. The van der Waals surface area contributed by atoms with Gasteiger partial charge in [-0.15, -0.1) is 10.2 Å². The van der Waals surface area contributed by atoms with Crippen LogP contribution in [-0.2, 0) is 18.7 Å². The van der Waals surface area contributed by atoms with Gasteiger partial charge in [0, 0.05) is 29.3 Å². The Morgan fingerprint density at radius 3 is 2.61 bits per heavy atom. The summed E-state index contributed by atoms with van der Waals surface area (Å²) in [6.45, 7) is 4.94. The third kappa shape index (κ3) is 3.60. The number of aromatic nitrogens is 3. The Labute approximate surface area is 167 Å². The Hall–Kier alpha value is -2.86. The van der Waals surface area contributed by atoms with Crippen molar-refractivity contribution in [2.75, 3.05) is 0 Å². The summed E-state index contributed by atoms with van der Waals surface area (Å²) in [6, 6.07) is 17.7. The first-order valence-corrected chi connectivity index (χ1v) is 10.3. The van der Waals surface area contributed by atoms with Crippen LogP contribution in [0.25, 0.3) is 22.4 Å². The van der Waals surface area contributed by atoms with E-state index < -0.39 is 0 Å². The zero-order valence-electron chi connectivity index (χ0n) is 15.9. The molecule has 4 rings (SSSR count). The Morgan fingerprint density at radius 2 is 1.86 bits per heavy atom.